The minimum Gasteiger partial charge on any atom is -1.00 e. The van der Waals surface area contributed by atoms with Gasteiger partial charge in [0.25, 0.3) is 0 Å². The molecular formula is C2H7BF3LiO7S. The van der Waals surface area contributed by atoms with E-state index >= 15 is 0 Å². The number of rotatable bonds is 5. The smallest absolute Gasteiger partial charge is 1.00 e. The molecule has 0 spiro atoms. The number of hydrogen-bond donors (Lipinski definition) is 0. The van der Waals surface area contributed by atoms with E-state index in [1.165, 1.54) is 0 Å². The van der Waals surface area contributed by atoms with Crippen molar-refractivity contribution in [2.45, 2.75) is 0 Å². The van der Waals surface area contributed by atoms with Gasteiger partial charge in [0.15, 0.2) is 0 Å². The first-order valence-corrected chi connectivity index (χ1v) is 3.99. The second kappa shape index (κ2) is 12.3. The Morgan fingerprint density at radius 1 is 1.00 bits per heavy atom. The van der Waals surface area contributed by atoms with Gasteiger partial charge in [-0.05, 0) is 0 Å². The summed E-state index contributed by atoms with van der Waals surface area (Å²) in [5.74, 6) is 0. The molecule has 0 heterocycles. The summed E-state index contributed by atoms with van der Waals surface area (Å²) in [5.41, 5.74) is 0. The van der Waals surface area contributed by atoms with E-state index in [0.29, 0.717) is 0 Å². The zero-order valence-electron chi connectivity index (χ0n) is 8.98. The third-order valence-corrected chi connectivity index (χ3v) is 1.44. The summed E-state index contributed by atoms with van der Waals surface area (Å²) >= 11 is 0. The minimum absolute atomic E-state index is 0. The van der Waals surface area contributed by atoms with Crippen molar-refractivity contribution < 1.29 is 65.2 Å². The van der Waals surface area contributed by atoms with Gasteiger partial charge in [-0.3, -0.25) is 8.37 Å². The largest absolute Gasteiger partial charge is 1.00 e. The summed E-state index contributed by atoms with van der Waals surface area (Å²) in [4.78, 5) is 7.06. The van der Waals surface area contributed by atoms with Gasteiger partial charge in [-0.25, -0.2) is 0 Å². The summed E-state index contributed by atoms with van der Waals surface area (Å²) < 4.78 is 58.8. The molecule has 0 aromatic heterocycles. The molecule has 0 saturated heterocycles. The third kappa shape index (κ3) is 14.2. The fourth-order valence-corrected chi connectivity index (χ4v) is 0.245. The Bertz CT molecular complexity index is 200. The standard InChI is InChI=1S/C2H6O4S.BF3O3.Li.H/c1-5-7(3,4)6-2;2-5-1(6-3)7-4;;/h1-2H3;;;/q;;+1;-1. The van der Waals surface area contributed by atoms with Crippen molar-refractivity contribution in [1.82, 2.24) is 0 Å². The topological polar surface area (TPSA) is 80.3 Å². The number of halogens is 3. The van der Waals surface area contributed by atoms with Crippen molar-refractivity contribution in [2.75, 3.05) is 14.2 Å². The maximum atomic E-state index is 10.4. The van der Waals surface area contributed by atoms with E-state index in [0.717, 1.165) is 14.2 Å². The maximum absolute atomic E-state index is 10.4. The van der Waals surface area contributed by atoms with Crippen molar-refractivity contribution in [3.05, 3.63) is 0 Å². The second-order valence-electron chi connectivity index (χ2n) is 1.30. The predicted octanol–water partition coefficient (Wildman–Crippen LogP) is -2.68. The van der Waals surface area contributed by atoms with Crippen molar-refractivity contribution >= 4 is 17.7 Å². The summed E-state index contributed by atoms with van der Waals surface area (Å²) in [5, 5.41) is 0. The van der Waals surface area contributed by atoms with Crippen LogP contribution in [0.25, 0.3) is 0 Å². The molecule has 88 valence electrons. The van der Waals surface area contributed by atoms with Crippen molar-refractivity contribution in [2.24, 2.45) is 0 Å². The molecule has 0 fully saturated rings. The molecule has 15 heavy (non-hydrogen) atoms. The molecule has 0 N–H and O–H groups in total. The van der Waals surface area contributed by atoms with Crippen molar-refractivity contribution in [3.63, 3.8) is 0 Å². The van der Waals surface area contributed by atoms with Crippen LogP contribution in [-0.2, 0) is 33.3 Å². The van der Waals surface area contributed by atoms with Gasteiger partial charge in [-0.2, -0.15) is 23.0 Å². The molecular weight excluding hydrogens is 243 g/mol. The van der Waals surface area contributed by atoms with Crippen LogP contribution in [0.5, 0.6) is 0 Å². The Labute approximate surface area is 97.6 Å². The molecule has 0 aliphatic rings. The molecule has 0 aromatic rings. The van der Waals surface area contributed by atoms with Gasteiger partial charge in [0.05, 0.1) is 14.2 Å². The third-order valence-electron chi connectivity index (χ3n) is 0.626. The van der Waals surface area contributed by atoms with Gasteiger partial charge in [-0.15, -0.1) is 0 Å². The van der Waals surface area contributed by atoms with Gasteiger partial charge in [0, 0.05) is 0 Å². The fourth-order valence-electron chi connectivity index (χ4n) is 0.109. The van der Waals surface area contributed by atoms with Gasteiger partial charge in [-0.1, -0.05) is 13.6 Å². The normalized spacial score (nSPS) is 9.67. The van der Waals surface area contributed by atoms with Gasteiger partial charge in [0.2, 0.25) is 0 Å². The summed E-state index contributed by atoms with van der Waals surface area (Å²) in [6, 6.07) is 0. The quantitative estimate of drug-likeness (QED) is 0.491. The maximum Gasteiger partial charge on any atom is 1.00 e. The summed E-state index contributed by atoms with van der Waals surface area (Å²) in [6.07, 6.45) is 0. The van der Waals surface area contributed by atoms with Crippen molar-refractivity contribution in [3.8, 4) is 0 Å². The van der Waals surface area contributed by atoms with Crippen LogP contribution in [0.3, 0.4) is 0 Å². The van der Waals surface area contributed by atoms with Crippen molar-refractivity contribution in [1.29, 1.82) is 0 Å². The molecule has 0 rings (SSSR count). The van der Waals surface area contributed by atoms with Crippen LogP contribution in [0, 0.1) is 0 Å². The molecule has 0 radical (unpaired) electrons. The first-order valence-electron chi connectivity index (χ1n) is 2.65. The Kier molecular flexibility index (Phi) is 16.8. The SMILES string of the molecule is COS(=O)(=O)OC.FOB(OF)OF.[H-].[Li+]. The fraction of sp³-hybridized carbons (Fsp3) is 1.00. The molecule has 7 nitrogen and oxygen atoms in total. The monoisotopic (exact) mass is 250 g/mol. The molecule has 13 heteroatoms. The van der Waals surface area contributed by atoms with Crippen LogP contribution in [0.1, 0.15) is 1.43 Å². The average molecular weight is 250 g/mol. The molecule has 0 saturated carbocycles. The summed E-state index contributed by atoms with van der Waals surface area (Å²) in [7, 11) is -4.12. The second-order valence-corrected chi connectivity index (χ2v) is 2.78. The van der Waals surface area contributed by atoms with E-state index in [2.05, 4.69) is 22.9 Å². The predicted molar refractivity (Wildman–Crippen MR) is 36.4 cm³/mol. The van der Waals surface area contributed by atoms with Crippen LogP contribution >= 0.6 is 0 Å². The Morgan fingerprint density at radius 3 is 1.27 bits per heavy atom. The Hall–Kier alpha value is 0.202. The van der Waals surface area contributed by atoms with Crippen LogP contribution in [0.15, 0.2) is 0 Å². The van der Waals surface area contributed by atoms with Crippen LogP contribution < -0.4 is 18.9 Å². The van der Waals surface area contributed by atoms with E-state index in [9.17, 15) is 22.0 Å². The zero-order chi connectivity index (χ0) is 11.6. The molecule has 0 bridgehead atoms. The molecule has 0 aliphatic carbocycles. The first kappa shape index (κ1) is 20.6. The van der Waals surface area contributed by atoms with Gasteiger partial charge >= 0.3 is 36.6 Å². The van der Waals surface area contributed by atoms with E-state index in [4.69, 9.17) is 0 Å². The molecule has 0 unspecified atom stereocenters. The van der Waals surface area contributed by atoms with E-state index in [1.807, 2.05) is 0 Å². The van der Waals surface area contributed by atoms with E-state index in [-0.39, 0.29) is 20.3 Å². The minimum atomic E-state index is -3.66. The Balaban J connectivity index is -0.0000000800. The first-order chi connectivity index (χ1) is 6.47. The van der Waals surface area contributed by atoms with Gasteiger partial charge < -0.3 is 1.43 Å². The summed E-state index contributed by atoms with van der Waals surface area (Å²) in [6.45, 7) is 0. The number of hydrogen-bond acceptors (Lipinski definition) is 7. The van der Waals surface area contributed by atoms with Gasteiger partial charge in [0.1, 0.15) is 0 Å². The molecule has 0 aromatic carbocycles. The van der Waals surface area contributed by atoms with E-state index < -0.39 is 17.7 Å². The van der Waals surface area contributed by atoms with Crippen LogP contribution in [-0.4, -0.2) is 30.0 Å². The molecule has 0 amide bonds. The van der Waals surface area contributed by atoms with E-state index in [1.54, 1.807) is 0 Å². The average Bonchev–Trinajstić information content (AvgIpc) is 2.21. The van der Waals surface area contributed by atoms with Crippen LogP contribution in [0.2, 0.25) is 0 Å². The molecule has 0 atom stereocenters. The Morgan fingerprint density at radius 2 is 1.27 bits per heavy atom. The zero-order valence-corrected chi connectivity index (χ0v) is 8.79. The van der Waals surface area contributed by atoms with Crippen LogP contribution in [0.4, 0.5) is 13.6 Å². The molecule has 0 aliphatic heterocycles.